The van der Waals surface area contributed by atoms with E-state index in [1.165, 1.54) is 0 Å². The largest absolute Gasteiger partial charge is 0.481 e. The first kappa shape index (κ1) is 15.7. The van der Waals surface area contributed by atoms with Crippen molar-refractivity contribution in [3.63, 3.8) is 0 Å². The van der Waals surface area contributed by atoms with Gasteiger partial charge in [0.2, 0.25) is 0 Å². The zero-order valence-corrected chi connectivity index (χ0v) is 11.3. The molecular weight excluding hydrogens is 252 g/mol. The van der Waals surface area contributed by atoms with Gasteiger partial charge in [-0.15, -0.1) is 0 Å². The van der Waals surface area contributed by atoms with Crippen molar-refractivity contribution in [2.45, 2.75) is 31.4 Å². The molecule has 0 bridgehead atoms. The number of nitrogens with one attached hydrogen (secondary N) is 2. The van der Waals surface area contributed by atoms with Crippen LogP contribution in [-0.4, -0.2) is 56.6 Å². The van der Waals surface area contributed by atoms with E-state index in [1.807, 2.05) is 0 Å². The highest BCUT2D eigenvalue weighted by atomic mass is 16.5. The van der Waals surface area contributed by atoms with Crippen LogP contribution in [0.25, 0.3) is 0 Å². The normalized spacial score (nSPS) is 23.9. The van der Waals surface area contributed by atoms with E-state index in [1.54, 1.807) is 14.2 Å². The van der Waals surface area contributed by atoms with Crippen LogP contribution in [0, 0.1) is 5.92 Å². The maximum Gasteiger partial charge on any atom is 0.315 e. The summed E-state index contributed by atoms with van der Waals surface area (Å²) >= 11 is 0. The molecule has 0 aromatic heterocycles. The molecule has 1 aliphatic carbocycles. The molecule has 19 heavy (non-hydrogen) atoms. The van der Waals surface area contributed by atoms with Crippen LogP contribution >= 0.6 is 0 Å². The molecule has 1 saturated carbocycles. The van der Waals surface area contributed by atoms with Gasteiger partial charge in [0.05, 0.1) is 18.6 Å². The van der Waals surface area contributed by atoms with E-state index < -0.39 is 5.97 Å². The van der Waals surface area contributed by atoms with Gasteiger partial charge in [0.15, 0.2) is 0 Å². The zero-order valence-electron chi connectivity index (χ0n) is 11.3. The monoisotopic (exact) mass is 274 g/mol. The molecule has 3 N–H and O–H groups in total. The Morgan fingerprint density at radius 2 is 2.11 bits per heavy atom. The fraction of sp³-hybridized carbons (Fsp3) is 0.833. The molecule has 0 heterocycles. The summed E-state index contributed by atoms with van der Waals surface area (Å²) in [6.45, 7) is 0.756. The molecule has 0 aromatic rings. The average Bonchev–Trinajstić information content (AvgIpc) is 2.83. The maximum atomic E-state index is 11.6. The fourth-order valence-electron chi connectivity index (χ4n) is 2.18. The summed E-state index contributed by atoms with van der Waals surface area (Å²) < 4.78 is 10.1. The first-order chi connectivity index (χ1) is 9.06. The molecule has 0 aliphatic heterocycles. The Kier molecular flexibility index (Phi) is 6.58. The molecule has 3 atom stereocenters. The van der Waals surface area contributed by atoms with Crippen LogP contribution in [-0.2, 0) is 14.3 Å². The quantitative estimate of drug-likeness (QED) is 0.616. The summed E-state index contributed by atoms with van der Waals surface area (Å²) in [7, 11) is 3.12. The van der Waals surface area contributed by atoms with Gasteiger partial charge in [0, 0.05) is 26.8 Å². The SMILES string of the molecule is COCC(CNC(=O)N[C@H]1CC[C@@H](C(=O)O)C1)OC. The summed E-state index contributed by atoms with van der Waals surface area (Å²) in [4.78, 5) is 22.4. The van der Waals surface area contributed by atoms with Crippen molar-refractivity contribution in [3.05, 3.63) is 0 Å². The van der Waals surface area contributed by atoms with Crippen LogP contribution in [0.15, 0.2) is 0 Å². The van der Waals surface area contributed by atoms with Crippen molar-refractivity contribution < 1.29 is 24.2 Å². The summed E-state index contributed by atoms with van der Waals surface area (Å²) in [6.07, 6.45) is 1.63. The molecule has 0 spiro atoms. The Bertz CT molecular complexity index is 310. The summed E-state index contributed by atoms with van der Waals surface area (Å²) in [5, 5.41) is 14.3. The second-order valence-electron chi connectivity index (χ2n) is 4.71. The molecule has 0 aromatic carbocycles. The fourth-order valence-corrected chi connectivity index (χ4v) is 2.18. The molecule has 0 radical (unpaired) electrons. The molecule has 1 fully saturated rings. The van der Waals surface area contributed by atoms with Crippen molar-refractivity contribution in [1.29, 1.82) is 0 Å². The number of aliphatic carboxylic acids is 1. The second-order valence-corrected chi connectivity index (χ2v) is 4.71. The number of hydrogen-bond donors (Lipinski definition) is 3. The molecule has 110 valence electrons. The summed E-state index contributed by atoms with van der Waals surface area (Å²) in [6, 6.07) is -0.362. The van der Waals surface area contributed by atoms with E-state index in [2.05, 4.69) is 10.6 Å². The van der Waals surface area contributed by atoms with Crippen molar-refractivity contribution >= 4 is 12.0 Å². The number of carbonyl (C=O) groups excluding carboxylic acids is 1. The van der Waals surface area contributed by atoms with Gasteiger partial charge in [-0.25, -0.2) is 4.79 Å². The first-order valence-corrected chi connectivity index (χ1v) is 6.35. The molecule has 7 heteroatoms. The molecule has 7 nitrogen and oxygen atoms in total. The smallest absolute Gasteiger partial charge is 0.315 e. The van der Waals surface area contributed by atoms with Crippen LogP contribution < -0.4 is 10.6 Å². The molecule has 0 saturated heterocycles. The van der Waals surface area contributed by atoms with Crippen LogP contribution in [0.5, 0.6) is 0 Å². The third-order valence-corrected chi connectivity index (χ3v) is 3.29. The van der Waals surface area contributed by atoms with Gasteiger partial charge < -0.3 is 25.2 Å². The van der Waals surface area contributed by atoms with Gasteiger partial charge in [-0.05, 0) is 19.3 Å². The van der Waals surface area contributed by atoms with E-state index in [-0.39, 0.29) is 24.1 Å². The van der Waals surface area contributed by atoms with Gasteiger partial charge in [-0.2, -0.15) is 0 Å². The Morgan fingerprint density at radius 3 is 2.63 bits per heavy atom. The third kappa shape index (κ3) is 5.44. The van der Waals surface area contributed by atoms with Crippen LogP contribution in [0.2, 0.25) is 0 Å². The number of hydrogen-bond acceptors (Lipinski definition) is 4. The predicted molar refractivity (Wildman–Crippen MR) is 68.0 cm³/mol. The second kappa shape index (κ2) is 7.96. The highest BCUT2D eigenvalue weighted by molar-refractivity contribution is 5.75. The van der Waals surface area contributed by atoms with Crippen molar-refractivity contribution in [2.24, 2.45) is 5.92 Å². The van der Waals surface area contributed by atoms with E-state index in [4.69, 9.17) is 14.6 Å². The molecular formula is C12H22N2O5. The highest BCUT2D eigenvalue weighted by Gasteiger charge is 2.30. The van der Waals surface area contributed by atoms with Gasteiger partial charge in [0.1, 0.15) is 0 Å². The maximum absolute atomic E-state index is 11.6. The lowest BCUT2D eigenvalue weighted by molar-refractivity contribution is -0.141. The minimum absolute atomic E-state index is 0.0653. The number of urea groups is 1. The average molecular weight is 274 g/mol. The van der Waals surface area contributed by atoms with Crippen LogP contribution in [0.3, 0.4) is 0 Å². The van der Waals surface area contributed by atoms with Crippen LogP contribution in [0.4, 0.5) is 4.79 Å². The lowest BCUT2D eigenvalue weighted by Gasteiger charge is -2.17. The molecule has 1 unspecified atom stereocenters. The molecule has 2 amide bonds. The predicted octanol–water partition coefficient (Wildman–Crippen LogP) is 0.200. The van der Waals surface area contributed by atoms with E-state index in [0.717, 1.165) is 0 Å². The van der Waals surface area contributed by atoms with Crippen molar-refractivity contribution in [3.8, 4) is 0 Å². The summed E-state index contributed by atoms with van der Waals surface area (Å²) in [5.41, 5.74) is 0. The van der Waals surface area contributed by atoms with Crippen molar-refractivity contribution in [1.82, 2.24) is 10.6 Å². The van der Waals surface area contributed by atoms with Crippen LogP contribution in [0.1, 0.15) is 19.3 Å². The molecule has 1 aliphatic rings. The van der Waals surface area contributed by atoms with E-state index in [0.29, 0.717) is 32.4 Å². The minimum atomic E-state index is -0.788. The zero-order chi connectivity index (χ0) is 14.3. The molecule has 1 rings (SSSR count). The summed E-state index contributed by atoms with van der Waals surface area (Å²) in [5.74, 6) is -1.13. The highest BCUT2D eigenvalue weighted by Crippen LogP contribution is 2.25. The Labute approximate surface area is 112 Å². The first-order valence-electron chi connectivity index (χ1n) is 6.35. The van der Waals surface area contributed by atoms with Gasteiger partial charge >= 0.3 is 12.0 Å². The van der Waals surface area contributed by atoms with Gasteiger partial charge in [-0.1, -0.05) is 0 Å². The van der Waals surface area contributed by atoms with E-state index in [9.17, 15) is 9.59 Å². The Balaban J connectivity index is 2.23. The number of ether oxygens (including phenoxy) is 2. The van der Waals surface area contributed by atoms with Crippen molar-refractivity contribution in [2.75, 3.05) is 27.4 Å². The number of carbonyl (C=O) groups is 2. The number of carboxylic acids is 1. The topological polar surface area (TPSA) is 96.9 Å². The number of amides is 2. The van der Waals surface area contributed by atoms with Gasteiger partial charge in [0.25, 0.3) is 0 Å². The number of methoxy groups -OCH3 is 2. The third-order valence-electron chi connectivity index (χ3n) is 3.29. The minimum Gasteiger partial charge on any atom is -0.481 e. The lowest BCUT2D eigenvalue weighted by Crippen LogP contribution is -2.44. The van der Waals surface area contributed by atoms with Gasteiger partial charge in [-0.3, -0.25) is 4.79 Å². The lowest BCUT2D eigenvalue weighted by atomic mass is 10.1. The Morgan fingerprint density at radius 1 is 1.37 bits per heavy atom. The number of rotatable bonds is 7. The van der Waals surface area contributed by atoms with E-state index >= 15 is 0 Å². The number of carboxylic acid groups (broad SMARTS) is 1. The standard InChI is InChI=1S/C12H22N2O5/c1-18-7-10(19-2)6-13-12(17)14-9-4-3-8(5-9)11(15)16/h8-10H,3-7H2,1-2H3,(H,15,16)(H2,13,14,17)/t8-,9+,10?/m1/s1. The Hall–Kier alpha value is -1.34.